The van der Waals surface area contributed by atoms with Crippen LogP contribution in [0.15, 0.2) is 54.9 Å². The average molecular weight is 267 g/mol. The van der Waals surface area contributed by atoms with Crippen molar-refractivity contribution in [2.75, 3.05) is 19.6 Å². The lowest BCUT2D eigenvalue weighted by Crippen LogP contribution is -2.32. The molecule has 1 fully saturated rings. The highest BCUT2D eigenvalue weighted by molar-refractivity contribution is 5.22. The van der Waals surface area contributed by atoms with E-state index in [1.54, 1.807) is 0 Å². The Morgan fingerprint density at radius 1 is 1.20 bits per heavy atom. The maximum Gasteiger partial charge on any atom is 0.0485 e. The highest BCUT2D eigenvalue weighted by atomic mass is 15.2. The van der Waals surface area contributed by atoms with E-state index in [1.807, 2.05) is 18.5 Å². The molecule has 1 aliphatic heterocycles. The van der Waals surface area contributed by atoms with Gasteiger partial charge in [0.25, 0.3) is 0 Å². The summed E-state index contributed by atoms with van der Waals surface area (Å²) >= 11 is 0. The van der Waals surface area contributed by atoms with Crippen molar-refractivity contribution in [3.05, 3.63) is 66.0 Å². The van der Waals surface area contributed by atoms with E-state index in [0.717, 1.165) is 13.1 Å². The van der Waals surface area contributed by atoms with Crippen LogP contribution in [0.1, 0.15) is 29.5 Å². The topological polar surface area (TPSA) is 42.1 Å². The van der Waals surface area contributed by atoms with Gasteiger partial charge in [0.15, 0.2) is 0 Å². The van der Waals surface area contributed by atoms with Gasteiger partial charge < -0.3 is 5.73 Å². The molecule has 0 aliphatic carbocycles. The van der Waals surface area contributed by atoms with Gasteiger partial charge in [-0.1, -0.05) is 36.4 Å². The van der Waals surface area contributed by atoms with Gasteiger partial charge in [0.1, 0.15) is 0 Å². The molecule has 1 aromatic carbocycles. The fraction of sp³-hybridized carbons (Fsp3) is 0.353. The number of benzene rings is 1. The molecule has 2 heterocycles. The maximum absolute atomic E-state index is 6.00. The van der Waals surface area contributed by atoms with Crippen LogP contribution >= 0.6 is 0 Å². The molecular weight excluding hydrogens is 246 g/mol. The Labute approximate surface area is 120 Å². The van der Waals surface area contributed by atoms with Crippen molar-refractivity contribution >= 4 is 0 Å². The molecule has 1 saturated heterocycles. The molecule has 104 valence electrons. The number of nitrogens with two attached hydrogens (primary N) is 1. The minimum absolute atomic E-state index is 0.289. The van der Waals surface area contributed by atoms with Gasteiger partial charge in [-0.05, 0) is 36.1 Å². The van der Waals surface area contributed by atoms with Crippen LogP contribution in [0.3, 0.4) is 0 Å². The van der Waals surface area contributed by atoms with Crippen molar-refractivity contribution in [2.24, 2.45) is 5.73 Å². The van der Waals surface area contributed by atoms with Gasteiger partial charge >= 0.3 is 0 Å². The first-order valence-electron chi connectivity index (χ1n) is 7.27. The zero-order valence-electron chi connectivity index (χ0n) is 11.7. The second kappa shape index (κ2) is 6.16. The van der Waals surface area contributed by atoms with E-state index in [1.165, 1.54) is 17.5 Å². The van der Waals surface area contributed by atoms with Crippen LogP contribution in [0, 0.1) is 0 Å². The smallest absolute Gasteiger partial charge is 0.0485 e. The molecule has 0 radical (unpaired) electrons. The summed E-state index contributed by atoms with van der Waals surface area (Å²) in [6.45, 7) is 2.84. The maximum atomic E-state index is 6.00. The predicted molar refractivity (Wildman–Crippen MR) is 81.4 cm³/mol. The number of likely N-dealkylation sites (tertiary alicyclic amines) is 1. The fourth-order valence-electron chi connectivity index (χ4n) is 3.14. The quantitative estimate of drug-likeness (QED) is 0.925. The second-order valence-corrected chi connectivity index (χ2v) is 5.43. The molecule has 2 atom stereocenters. The minimum atomic E-state index is 0.289. The van der Waals surface area contributed by atoms with Crippen LogP contribution < -0.4 is 5.73 Å². The summed E-state index contributed by atoms with van der Waals surface area (Å²) in [6, 6.07) is 15.2. The van der Waals surface area contributed by atoms with Gasteiger partial charge in [-0.15, -0.1) is 0 Å². The molecule has 0 bridgehead atoms. The van der Waals surface area contributed by atoms with Crippen LogP contribution in [0.25, 0.3) is 0 Å². The SMILES string of the molecule is NCC(c1cccnc1)N1CCC(c2ccccc2)C1. The Balaban J connectivity index is 1.73. The molecule has 1 aliphatic rings. The molecular formula is C17H21N3. The third-order valence-corrected chi connectivity index (χ3v) is 4.22. The van der Waals surface area contributed by atoms with Gasteiger partial charge in [-0.2, -0.15) is 0 Å². The third-order valence-electron chi connectivity index (χ3n) is 4.22. The van der Waals surface area contributed by atoms with E-state index in [2.05, 4.69) is 46.3 Å². The van der Waals surface area contributed by atoms with Crippen LogP contribution in [-0.2, 0) is 0 Å². The third kappa shape index (κ3) is 2.74. The summed E-state index contributed by atoms with van der Waals surface area (Å²) in [7, 11) is 0. The Morgan fingerprint density at radius 2 is 2.05 bits per heavy atom. The Bertz CT molecular complexity index is 526. The van der Waals surface area contributed by atoms with Gasteiger partial charge in [0.05, 0.1) is 0 Å². The van der Waals surface area contributed by atoms with Gasteiger partial charge in [0, 0.05) is 31.5 Å². The van der Waals surface area contributed by atoms with E-state index < -0.39 is 0 Å². The molecule has 0 amide bonds. The monoisotopic (exact) mass is 267 g/mol. The molecule has 0 saturated carbocycles. The normalized spacial score (nSPS) is 20.9. The standard InChI is InChI=1S/C17H21N3/c18-11-17(15-7-4-9-19-12-15)20-10-8-16(13-20)14-5-2-1-3-6-14/h1-7,9,12,16-17H,8,10-11,13,18H2. The number of aromatic nitrogens is 1. The first kappa shape index (κ1) is 13.3. The van der Waals surface area contributed by atoms with E-state index >= 15 is 0 Å². The van der Waals surface area contributed by atoms with Crippen LogP contribution in [0.2, 0.25) is 0 Å². The van der Waals surface area contributed by atoms with Crippen molar-refractivity contribution in [3.63, 3.8) is 0 Å². The van der Waals surface area contributed by atoms with Crippen molar-refractivity contribution in [1.82, 2.24) is 9.88 Å². The lowest BCUT2D eigenvalue weighted by molar-refractivity contribution is 0.247. The summed E-state index contributed by atoms with van der Waals surface area (Å²) in [5.41, 5.74) is 8.67. The van der Waals surface area contributed by atoms with E-state index in [9.17, 15) is 0 Å². The van der Waals surface area contributed by atoms with Crippen molar-refractivity contribution in [2.45, 2.75) is 18.4 Å². The molecule has 3 rings (SSSR count). The van der Waals surface area contributed by atoms with Crippen molar-refractivity contribution < 1.29 is 0 Å². The number of rotatable bonds is 4. The van der Waals surface area contributed by atoms with Gasteiger partial charge in [-0.3, -0.25) is 9.88 Å². The van der Waals surface area contributed by atoms with E-state index in [0.29, 0.717) is 12.5 Å². The summed E-state index contributed by atoms with van der Waals surface area (Å²) < 4.78 is 0. The first-order chi connectivity index (χ1) is 9.88. The molecule has 20 heavy (non-hydrogen) atoms. The molecule has 2 aromatic rings. The van der Waals surface area contributed by atoms with Crippen LogP contribution in [0.4, 0.5) is 0 Å². The molecule has 0 spiro atoms. The van der Waals surface area contributed by atoms with Gasteiger partial charge in [-0.25, -0.2) is 0 Å². The Morgan fingerprint density at radius 3 is 2.75 bits per heavy atom. The lowest BCUT2D eigenvalue weighted by atomic mass is 9.98. The van der Waals surface area contributed by atoms with Gasteiger partial charge in [0.2, 0.25) is 0 Å². The van der Waals surface area contributed by atoms with Crippen molar-refractivity contribution in [1.29, 1.82) is 0 Å². The predicted octanol–water partition coefficient (Wildman–Crippen LogP) is 2.57. The Hall–Kier alpha value is -1.71. The molecule has 2 N–H and O–H groups in total. The van der Waals surface area contributed by atoms with E-state index in [-0.39, 0.29) is 6.04 Å². The summed E-state index contributed by atoms with van der Waals surface area (Å²) in [6.07, 6.45) is 4.96. The molecule has 3 nitrogen and oxygen atoms in total. The van der Waals surface area contributed by atoms with Crippen molar-refractivity contribution in [3.8, 4) is 0 Å². The van der Waals surface area contributed by atoms with E-state index in [4.69, 9.17) is 5.73 Å². The fourth-order valence-corrected chi connectivity index (χ4v) is 3.14. The molecule has 3 heteroatoms. The zero-order valence-corrected chi connectivity index (χ0v) is 11.7. The number of hydrogen-bond acceptors (Lipinski definition) is 3. The summed E-state index contributed by atoms with van der Waals surface area (Å²) in [5.74, 6) is 0.627. The highest BCUT2D eigenvalue weighted by Gasteiger charge is 2.29. The largest absolute Gasteiger partial charge is 0.329 e. The van der Waals surface area contributed by atoms with Crippen LogP contribution in [-0.4, -0.2) is 29.5 Å². The average Bonchev–Trinajstić information content (AvgIpc) is 3.00. The summed E-state index contributed by atoms with van der Waals surface area (Å²) in [4.78, 5) is 6.71. The lowest BCUT2D eigenvalue weighted by Gasteiger charge is -2.26. The molecule has 1 aromatic heterocycles. The number of nitrogens with zero attached hydrogens (tertiary/aromatic N) is 2. The Kier molecular flexibility index (Phi) is 4.09. The molecule has 2 unspecified atom stereocenters. The zero-order chi connectivity index (χ0) is 13.8. The first-order valence-corrected chi connectivity index (χ1v) is 7.27. The highest BCUT2D eigenvalue weighted by Crippen LogP contribution is 2.32. The number of hydrogen-bond donors (Lipinski definition) is 1. The minimum Gasteiger partial charge on any atom is -0.329 e. The summed E-state index contributed by atoms with van der Waals surface area (Å²) in [5, 5.41) is 0. The number of pyridine rings is 1. The second-order valence-electron chi connectivity index (χ2n) is 5.43. The van der Waals surface area contributed by atoms with Crippen LogP contribution in [0.5, 0.6) is 0 Å².